The van der Waals surface area contributed by atoms with E-state index in [1.165, 1.54) is 6.34 Å². The number of nitrogens with two attached hydrogens (primary N) is 1. The molecule has 1 amide bonds. The first-order valence-corrected chi connectivity index (χ1v) is 3.99. The van der Waals surface area contributed by atoms with Gasteiger partial charge in [0, 0.05) is 6.42 Å². The topological polar surface area (TPSA) is 92.2 Å². The molecule has 0 aromatic rings. The monoisotopic (exact) mass is 179 g/mol. The minimum Gasteiger partial charge on any atom is -0.330 e. The number of azo groups is 1. The molecule has 0 aliphatic carbocycles. The molecule has 0 radical (unpaired) electrons. The fourth-order valence-corrected chi connectivity index (χ4v) is 1.30. The van der Waals surface area contributed by atoms with Crippen molar-refractivity contribution in [2.24, 2.45) is 21.0 Å². The van der Waals surface area contributed by atoms with E-state index in [0.29, 0.717) is 24.2 Å². The Kier molecular flexibility index (Phi) is 1.90. The van der Waals surface area contributed by atoms with Gasteiger partial charge in [-0.05, 0) is 6.54 Å². The van der Waals surface area contributed by atoms with Crippen LogP contribution in [0, 0.1) is 0 Å². The molecular weight excluding hydrogens is 170 g/mol. The first-order chi connectivity index (χ1) is 6.33. The summed E-state index contributed by atoms with van der Waals surface area (Å²) in [7, 11) is 0. The minimum atomic E-state index is -0.435. The molecule has 2 aliphatic heterocycles. The van der Waals surface area contributed by atoms with Crippen molar-refractivity contribution in [3.05, 3.63) is 11.3 Å². The van der Waals surface area contributed by atoms with Crippen molar-refractivity contribution < 1.29 is 4.79 Å². The standard InChI is InChI=1S/C7H9N5O/c8-2-1-4-5-6(12-11-4)9-3-10-7(5)13/h3,6H,1-2,8H2,(H,9,10,13). The average molecular weight is 179 g/mol. The molecule has 0 spiro atoms. The van der Waals surface area contributed by atoms with Gasteiger partial charge in [-0.15, -0.1) is 0 Å². The highest BCUT2D eigenvalue weighted by Gasteiger charge is 2.30. The third-order valence-corrected chi connectivity index (χ3v) is 1.89. The molecule has 0 saturated heterocycles. The maximum absolute atomic E-state index is 11.3. The van der Waals surface area contributed by atoms with Crippen molar-refractivity contribution in [3.8, 4) is 0 Å². The number of hydrogen-bond acceptors (Lipinski definition) is 5. The highest BCUT2D eigenvalue weighted by Crippen LogP contribution is 2.26. The molecule has 68 valence electrons. The molecule has 0 aromatic heterocycles. The molecule has 1 unspecified atom stereocenters. The van der Waals surface area contributed by atoms with Crippen molar-refractivity contribution in [1.29, 1.82) is 0 Å². The lowest BCUT2D eigenvalue weighted by Crippen LogP contribution is -2.33. The lowest BCUT2D eigenvalue weighted by molar-refractivity contribution is -0.116. The molecule has 6 heteroatoms. The molecule has 2 rings (SSSR count). The molecule has 0 aromatic carbocycles. The van der Waals surface area contributed by atoms with Gasteiger partial charge in [-0.1, -0.05) is 0 Å². The van der Waals surface area contributed by atoms with Gasteiger partial charge >= 0.3 is 0 Å². The predicted molar refractivity (Wildman–Crippen MR) is 46.0 cm³/mol. The molecule has 13 heavy (non-hydrogen) atoms. The fraction of sp³-hybridized carbons (Fsp3) is 0.429. The first kappa shape index (κ1) is 8.06. The van der Waals surface area contributed by atoms with Gasteiger partial charge in [0.25, 0.3) is 5.91 Å². The zero-order valence-electron chi connectivity index (χ0n) is 6.90. The van der Waals surface area contributed by atoms with Crippen LogP contribution in [0.3, 0.4) is 0 Å². The third kappa shape index (κ3) is 1.25. The number of amides is 1. The van der Waals surface area contributed by atoms with Crippen LogP contribution in [-0.4, -0.2) is 25.0 Å². The summed E-state index contributed by atoms with van der Waals surface area (Å²) in [6.45, 7) is 0.460. The number of aliphatic imine (C=N–C) groups is 1. The molecule has 3 N–H and O–H groups in total. The van der Waals surface area contributed by atoms with Crippen LogP contribution < -0.4 is 11.1 Å². The fourth-order valence-electron chi connectivity index (χ4n) is 1.30. The number of hydrogen-bond donors (Lipinski definition) is 2. The second kappa shape index (κ2) is 3.06. The maximum atomic E-state index is 11.3. The number of nitrogens with zero attached hydrogens (tertiary/aromatic N) is 3. The molecule has 6 nitrogen and oxygen atoms in total. The molecule has 2 aliphatic rings. The van der Waals surface area contributed by atoms with E-state index in [9.17, 15) is 4.79 Å². The van der Waals surface area contributed by atoms with Gasteiger partial charge in [-0.3, -0.25) is 4.79 Å². The Labute approximate surface area is 74.6 Å². The normalized spacial score (nSPS) is 25.0. The maximum Gasteiger partial charge on any atom is 0.258 e. The second-order valence-corrected chi connectivity index (χ2v) is 2.74. The number of carbonyl (C=O) groups is 1. The SMILES string of the molecule is NCCC1=C2C(=O)NC=NC2N=N1. The number of fused-ring (bicyclic) bond motifs is 1. The zero-order chi connectivity index (χ0) is 9.26. The quantitative estimate of drug-likeness (QED) is 0.600. The van der Waals surface area contributed by atoms with Gasteiger partial charge in [0.15, 0.2) is 6.17 Å². The second-order valence-electron chi connectivity index (χ2n) is 2.74. The Bertz CT molecular complexity index is 330. The molecular formula is C7H9N5O. The summed E-state index contributed by atoms with van der Waals surface area (Å²) in [6.07, 6.45) is 1.48. The minimum absolute atomic E-state index is 0.173. The largest absolute Gasteiger partial charge is 0.330 e. The van der Waals surface area contributed by atoms with Crippen LogP contribution in [0.1, 0.15) is 6.42 Å². The van der Waals surface area contributed by atoms with Crippen LogP contribution in [0.2, 0.25) is 0 Å². The third-order valence-electron chi connectivity index (χ3n) is 1.89. The Hall–Kier alpha value is -1.56. The Morgan fingerprint density at radius 3 is 3.23 bits per heavy atom. The summed E-state index contributed by atoms with van der Waals surface area (Å²) in [5.41, 5.74) is 6.56. The smallest absolute Gasteiger partial charge is 0.258 e. The van der Waals surface area contributed by atoms with E-state index in [1.54, 1.807) is 0 Å². The average Bonchev–Trinajstić information content (AvgIpc) is 2.51. The zero-order valence-corrected chi connectivity index (χ0v) is 6.90. The van der Waals surface area contributed by atoms with Crippen LogP contribution in [0.15, 0.2) is 26.5 Å². The number of nitrogens with one attached hydrogen (secondary N) is 1. The number of carbonyl (C=O) groups excluding carboxylic acids is 1. The Morgan fingerprint density at radius 1 is 1.62 bits per heavy atom. The van der Waals surface area contributed by atoms with Gasteiger partial charge < -0.3 is 11.1 Å². The van der Waals surface area contributed by atoms with Gasteiger partial charge in [0.1, 0.15) is 0 Å². The van der Waals surface area contributed by atoms with E-state index in [2.05, 4.69) is 20.5 Å². The van der Waals surface area contributed by atoms with Crippen LogP contribution in [0.25, 0.3) is 0 Å². The molecule has 0 bridgehead atoms. The van der Waals surface area contributed by atoms with Gasteiger partial charge in [0.2, 0.25) is 0 Å². The van der Waals surface area contributed by atoms with Crippen LogP contribution in [-0.2, 0) is 4.79 Å². The van der Waals surface area contributed by atoms with Crippen LogP contribution in [0.5, 0.6) is 0 Å². The van der Waals surface area contributed by atoms with E-state index >= 15 is 0 Å². The van der Waals surface area contributed by atoms with Crippen molar-refractivity contribution in [2.75, 3.05) is 6.54 Å². The Balaban J connectivity index is 2.34. The van der Waals surface area contributed by atoms with E-state index in [1.807, 2.05) is 0 Å². The highest BCUT2D eigenvalue weighted by molar-refractivity contribution is 6.03. The Morgan fingerprint density at radius 2 is 2.46 bits per heavy atom. The summed E-state index contributed by atoms with van der Waals surface area (Å²) in [5, 5.41) is 10.2. The lowest BCUT2D eigenvalue weighted by atomic mass is 10.1. The lowest BCUT2D eigenvalue weighted by Gasteiger charge is -2.11. The van der Waals surface area contributed by atoms with Crippen molar-refractivity contribution >= 4 is 12.2 Å². The molecule has 0 saturated carbocycles. The van der Waals surface area contributed by atoms with Crippen molar-refractivity contribution in [3.63, 3.8) is 0 Å². The van der Waals surface area contributed by atoms with Crippen molar-refractivity contribution in [2.45, 2.75) is 12.6 Å². The molecule has 2 heterocycles. The predicted octanol–water partition coefficient (Wildman–Crippen LogP) is -0.461. The van der Waals surface area contributed by atoms with E-state index in [0.717, 1.165) is 0 Å². The molecule has 1 atom stereocenters. The molecule has 0 fully saturated rings. The summed E-state index contributed by atoms with van der Waals surface area (Å²) >= 11 is 0. The summed E-state index contributed by atoms with van der Waals surface area (Å²) in [6, 6.07) is 0. The summed E-state index contributed by atoms with van der Waals surface area (Å²) < 4.78 is 0. The highest BCUT2D eigenvalue weighted by atomic mass is 16.2. The van der Waals surface area contributed by atoms with E-state index in [-0.39, 0.29) is 5.91 Å². The van der Waals surface area contributed by atoms with Gasteiger partial charge in [-0.2, -0.15) is 10.2 Å². The van der Waals surface area contributed by atoms with E-state index in [4.69, 9.17) is 5.73 Å². The summed E-state index contributed by atoms with van der Waals surface area (Å²) in [5.74, 6) is -0.173. The van der Waals surface area contributed by atoms with Crippen LogP contribution >= 0.6 is 0 Å². The number of rotatable bonds is 2. The summed E-state index contributed by atoms with van der Waals surface area (Å²) in [4.78, 5) is 15.3. The van der Waals surface area contributed by atoms with Crippen LogP contribution in [0.4, 0.5) is 0 Å². The van der Waals surface area contributed by atoms with Gasteiger partial charge in [0.05, 0.1) is 17.6 Å². The van der Waals surface area contributed by atoms with Crippen molar-refractivity contribution in [1.82, 2.24) is 5.32 Å². The van der Waals surface area contributed by atoms with Gasteiger partial charge in [-0.25, -0.2) is 4.99 Å². The van der Waals surface area contributed by atoms with E-state index < -0.39 is 6.17 Å². The first-order valence-electron chi connectivity index (χ1n) is 3.99.